The highest BCUT2D eigenvalue weighted by Gasteiger charge is 2.15. The number of benzene rings is 1. The summed E-state index contributed by atoms with van der Waals surface area (Å²) in [7, 11) is 1.80. The first-order valence-electron chi connectivity index (χ1n) is 7.96. The first kappa shape index (κ1) is 16.7. The lowest BCUT2D eigenvalue weighted by Crippen LogP contribution is -2.42. The molecule has 0 aliphatic rings. The van der Waals surface area contributed by atoms with Crippen molar-refractivity contribution in [1.82, 2.24) is 25.3 Å². The molecule has 0 aliphatic heterocycles. The van der Waals surface area contributed by atoms with Crippen LogP contribution >= 0.6 is 0 Å². The molecule has 25 heavy (non-hydrogen) atoms. The van der Waals surface area contributed by atoms with Crippen LogP contribution in [0.4, 0.5) is 5.82 Å². The number of anilines is 1. The Morgan fingerprint density at radius 2 is 2.08 bits per heavy atom. The molecule has 1 amide bonds. The van der Waals surface area contributed by atoms with Crippen LogP contribution in [0.5, 0.6) is 5.75 Å². The van der Waals surface area contributed by atoms with Crippen LogP contribution in [0, 0.1) is 0 Å². The largest absolute Gasteiger partial charge is 0.491 e. The zero-order chi connectivity index (χ0) is 17.6. The van der Waals surface area contributed by atoms with Crippen molar-refractivity contribution >= 4 is 22.9 Å². The smallest absolute Gasteiger partial charge is 0.239 e. The summed E-state index contributed by atoms with van der Waals surface area (Å²) < 4.78 is 5.64. The van der Waals surface area contributed by atoms with Gasteiger partial charge in [0.05, 0.1) is 18.9 Å². The molecular weight excluding hydrogens is 320 g/mol. The second-order valence-electron chi connectivity index (χ2n) is 5.75. The summed E-state index contributed by atoms with van der Waals surface area (Å²) in [6.07, 6.45) is 2.99. The summed E-state index contributed by atoms with van der Waals surface area (Å²) in [5.74, 6) is 1.30. The number of amides is 1. The average Bonchev–Trinajstić information content (AvgIpc) is 3.09. The van der Waals surface area contributed by atoms with Crippen LogP contribution in [-0.2, 0) is 4.79 Å². The van der Waals surface area contributed by atoms with E-state index in [9.17, 15) is 4.79 Å². The van der Waals surface area contributed by atoms with E-state index < -0.39 is 0 Å². The van der Waals surface area contributed by atoms with Gasteiger partial charge in [-0.05, 0) is 19.1 Å². The molecule has 0 aliphatic carbocycles. The van der Waals surface area contributed by atoms with Gasteiger partial charge in [-0.1, -0.05) is 18.2 Å². The minimum absolute atomic E-state index is 0.112. The molecule has 0 spiro atoms. The lowest BCUT2D eigenvalue weighted by atomic mass is 10.3. The Kier molecular flexibility index (Phi) is 5.08. The number of aromatic amines is 1. The van der Waals surface area contributed by atoms with Crippen molar-refractivity contribution in [2.75, 3.05) is 25.1 Å². The molecule has 8 nitrogen and oxygen atoms in total. The van der Waals surface area contributed by atoms with Crippen LogP contribution in [0.1, 0.15) is 6.92 Å². The Morgan fingerprint density at radius 3 is 2.88 bits per heavy atom. The topological polar surface area (TPSA) is 96.0 Å². The number of imidazole rings is 1. The lowest BCUT2D eigenvalue weighted by Gasteiger charge is -2.20. The second-order valence-corrected chi connectivity index (χ2v) is 5.75. The van der Waals surface area contributed by atoms with Crippen LogP contribution in [0.15, 0.2) is 43.0 Å². The highest BCUT2D eigenvalue weighted by atomic mass is 16.5. The number of H-pyrrole nitrogens is 1. The number of ether oxygens (including phenoxy) is 1. The molecule has 0 saturated carbocycles. The van der Waals surface area contributed by atoms with Crippen LogP contribution < -0.4 is 15.0 Å². The van der Waals surface area contributed by atoms with Crippen LogP contribution in [-0.4, -0.2) is 52.1 Å². The number of fused-ring (bicyclic) bond motifs is 1. The fraction of sp³-hybridized carbons (Fsp3) is 0.294. The van der Waals surface area contributed by atoms with Gasteiger partial charge in [0.25, 0.3) is 0 Å². The molecule has 1 atom stereocenters. The van der Waals surface area contributed by atoms with Gasteiger partial charge < -0.3 is 19.9 Å². The SMILES string of the molecule is C[C@H](COc1ccccc1)NC(=O)CN(C)c1ncnc2nc[nH]c12. The van der Waals surface area contributed by atoms with Gasteiger partial charge in [-0.15, -0.1) is 0 Å². The zero-order valence-corrected chi connectivity index (χ0v) is 14.1. The van der Waals surface area contributed by atoms with Gasteiger partial charge in [-0.3, -0.25) is 4.79 Å². The number of nitrogens with one attached hydrogen (secondary N) is 2. The Morgan fingerprint density at radius 1 is 1.28 bits per heavy atom. The number of nitrogens with zero attached hydrogens (tertiary/aromatic N) is 4. The predicted octanol–water partition coefficient (Wildman–Crippen LogP) is 1.37. The van der Waals surface area contributed by atoms with Gasteiger partial charge in [-0.2, -0.15) is 0 Å². The van der Waals surface area contributed by atoms with Gasteiger partial charge in [0, 0.05) is 7.05 Å². The first-order valence-corrected chi connectivity index (χ1v) is 7.96. The van der Waals surface area contributed by atoms with Crippen LogP contribution in [0.2, 0.25) is 0 Å². The third-order valence-electron chi connectivity index (χ3n) is 3.60. The Bertz CT molecular complexity index is 835. The molecule has 0 fully saturated rings. The van der Waals surface area contributed by atoms with Crippen LogP contribution in [0.25, 0.3) is 11.2 Å². The standard InChI is InChI=1S/C17H20N6O2/c1-12(9-25-13-6-4-3-5-7-13)22-14(24)8-23(2)17-15-16(19-10-18-15)20-11-21-17/h3-7,10-12H,8-9H2,1-2H3,(H,22,24)(H,18,19,20,21)/t12-/m1/s1. The molecule has 2 N–H and O–H groups in total. The molecule has 0 radical (unpaired) electrons. The van der Waals surface area contributed by atoms with Gasteiger partial charge in [0.1, 0.15) is 24.2 Å². The fourth-order valence-electron chi connectivity index (χ4n) is 2.43. The van der Waals surface area contributed by atoms with Crippen molar-refractivity contribution in [3.05, 3.63) is 43.0 Å². The summed E-state index contributed by atoms with van der Waals surface area (Å²) in [6, 6.07) is 9.40. The quantitative estimate of drug-likeness (QED) is 0.674. The van der Waals surface area contributed by atoms with E-state index >= 15 is 0 Å². The van der Waals surface area contributed by atoms with E-state index in [2.05, 4.69) is 25.3 Å². The molecular formula is C17H20N6O2. The minimum Gasteiger partial charge on any atom is -0.491 e. The van der Waals surface area contributed by atoms with Crippen LogP contribution in [0.3, 0.4) is 0 Å². The van der Waals surface area contributed by atoms with E-state index in [0.717, 1.165) is 5.75 Å². The Balaban J connectivity index is 1.52. The predicted molar refractivity (Wildman–Crippen MR) is 94.5 cm³/mol. The molecule has 0 unspecified atom stereocenters. The first-order chi connectivity index (χ1) is 12.1. The average molecular weight is 340 g/mol. The van der Waals surface area contributed by atoms with E-state index in [-0.39, 0.29) is 18.5 Å². The number of carbonyl (C=O) groups is 1. The molecule has 1 aromatic carbocycles. The summed E-state index contributed by atoms with van der Waals surface area (Å²) >= 11 is 0. The molecule has 2 aromatic heterocycles. The van der Waals surface area contributed by atoms with Gasteiger partial charge in [-0.25, -0.2) is 15.0 Å². The molecule has 0 bridgehead atoms. The highest BCUT2D eigenvalue weighted by molar-refractivity contribution is 5.87. The maximum absolute atomic E-state index is 12.2. The summed E-state index contributed by atoms with van der Waals surface area (Å²) in [5.41, 5.74) is 1.28. The van der Waals surface area contributed by atoms with Crippen molar-refractivity contribution in [1.29, 1.82) is 0 Å². The maximum Gasteiger partial charge on any atom is 0.239 e. The zero-order valence-electron chi connectivity index (χ0n) is 14.1. The maximum atomic E-state index is 12.2. The van der Waals surface area contributed by atoms with Gasteiger partial charge in [0.2, 0.25) is 5.91 Å². The minimum atomic E-state index is -0.113. The van der Waals surface area contributed by atoms with E-state index in [0.29, 0.717) is 23.6 Å². The molecule has 8 heteroatoms. The van der Waals surface area contributed by atoms with Crippen molar-refractivity contribution in [2.24, 2.45) is 0 Å². The number of hydrogen-bond donors (Lipinski definition) is 2. The highest BCUT2D eigenvalue weighted by Crippen LogP contribution is 2.17. The Labute approximate surface area is 145 Å². The number of likely N-dealkylation sites (N-methyl/N-ethyl adjacent to an activating group) is 1. The van der Waals surface area contributed by atoms with Gasteiger partial charge in [0.15, 0.2) is 11.5 Å². The lowest BCUT2D eigenvalue weighted by molar-refractivity contribution is -0.120. The normalized spacial score (nSPS) is 11.9. The van der Waals surface area contributed by atoms with E-state index in [4.69, 9.17) is 4.74 Å². The number of para-hydroxylation sites is 1. The molecule has 3 rings (SSSR count). The van der Waals surface area contributed by atoms with E-state index in [1.807, 2.05) is 37.3 Å². The monoisotopic (exact) mass is 340 g/mol. The molecule has 0 saturated heterocycles. The van der Waals surface area contributed by atoms with E-state index in [1.54, 1.807) is 18.3 Å². The molecule has 3 aromatic rings. The summed E-state index contributed by atoms with van der Waals surface area (Å²) in [5, 5.41) is 2.92. The molecule has 2 heterocycles. The Hall–Kier alpha value is -3.16. The number of rotatable bonds is 7. The summed E-state index contributed by atoms with van der Waals surface area (Å²) in [6.45, 7) is 2.47. The van der Waals surface area contributed by atoms with Crippen molar-refractivity contribution in [2.45, 2.75) is 13.0 Å². The van der Waals surface area contributed by atoms with Crippen molar-refractivity contribution in [3.8, 4) is 5.75 Å². The molecule has 130 valence electrons. The number of carbonyl (C=O) groups excluding carboxylic acids is 1. The number of hydrogen-bond acceptors (Lipinski definition) is 6. The second kappa shape index (κ2) is 7.61. The third kappa shape index (κ3) is 4.23. The van der Waals surface area contributed by atoms with Crippen molar-refractivity contribution in [3.63, 3.8) is 0 Å². The van der Waals surface area contributed by atoms with Crippen molar-refractivity contribution < 1.29 is 9.53 Å². The fourth-order valence-corrected chi connectivity index (χ4v) is 2.43. The third-order valence-corrected chi connectivity index (χ3v) is 3.60. The van der Waals surface area contributed by atoms with E-state index in [1.165, 1.54) is 6.33 Å². The van der Waals surface area contributed by atoms with Gasteiger partial charge >= 0.3 is 0 Å². The number of aromatic nitrogens is 4. The summed E-state index contributed by atoms with van der Waals surface area (Å²) in [4.78, 5) is 29.4.